The zero-order valence-electron chi connectivity index (χ0n) is 12.3. The normalized spacial score (nSPS) is 18.6. The Hall–Kier alpha value is -2.50. The second-order valence-corrected chi connectivity index (χ2v) is 5.32. The maximum atomic E-state index is 12.9. The van der Waals surface area contributed by atoms with Crippen LogP contribution in [-0.2, 0) is 11.0 Å². The summed E-state index contributed by atoms with van der Waals surface area (Å²) in [5, 5.41) is 2.93. The number of ketones is 1. The van der Waals surface area contributed by atoms with Gasteiger partial charge in [0.15, 0.2) is 5.78 Å². The summed E-state index contributed by atoms with van der Waals surface area (Å²) in [5.41, 5.74) is 0.408. The van der Waals surface area contributed by atoms with Crippen molar-refractivity contribution in [2.45, 2.75) is 18.5 Å². The van der Waals surface area contributed by atoms with E-state index >= 15 is 0 Å². The number of hydrogen-bond donors (Lipinski definition) is 1. The highest BCUT2D eigenvalue weighted by Crippen LogP contribution is 2.40. The Morgan fingerprint density at radius 2 is 2.00 bits per heavy atom. The lowest BCUT2D eigenvalue weighted by Gasteiger charge is -2.10. The third-order valence-corrected chi connectivity index (χ3v) is 3.94. The van der Waals surface area contributed by atoms with Crippen LogP contribution in [0.5, 0.6) is 0 Å². The molecule has 0 aliphatic heterocycles. The molecule has 0 amide bonds. The van der Waals surface area contributed by atoms with Gasteiger partial charge in [-0.3, -0.25) is 4.79 Å². The summed E-state index contributed by atoms with van der Waals surface area (Å²) in [4.78, 5) is 12.7. The number of hydrogen-bond acceptors (Lipinski definition) is 3. The highest BCUT2D eigenvalue weighted by molar-refractivity contribution is 6.26. The van der Waals surface area contributed by atoms with E-state index in [2.05, 4.69) is 5.32 Å². The third kappa shape index (κ3) is 2.76. The maximum absolute atomic E-state index is 12.9. The van der Waals surface area contributed by atoms with Crippen LogP contribution >= 0.6 is 0 Å². The van der Waals surface area contributed by atoms with Gasteiger partial charge in [0.1, 0.15) is 5.76 Å². The van der Waals surface area contributed by atoms with Gasteiger partial charge in [0.25, 0.3) is 0 Å². The fourth-order valence-corrected chi connectivity index (χ4v) is 2.84. The quantitative estimate of drug-likeness (QED) is 0.929. The molecule has 0 fully saturated rings. The molecule has 1 N–H and O–H groups in total. The number of alkyl halides is 3. The van der Waals surface area contributed by atoms with Gasteiger partial charge in [-0.2, -0.15) is 13.2 Å². The summed E-state index contributed by atoms with van der Waals surface area (Å²) in [5.74, 6) is -0.217. The van der Waals surface area contributed by atoms with E-state index in [9.17, 15) is 18.0 Å². The molecule has 120 valence electrons. The number of nitrogens with one attached hydrogen (secondary N) is 1. The van der Waals surface area contributed by atoms with Gasteiger partial charge in [-0.25, -0.2) is 0 Å². The van der Waals surface area contributed by atoms with Gasteiger partial charge in [0, 0.05) is 24.7 Å². The molecule has 23 heavy (non-hydrogen) atoms. The van der Waals surface area contributed by atoms with Crippen molar-refractivity contribution in [3.63, 3.8) is 0 Å². The molecular weight excluding hydrogens is 307 g/mol. The number of rotatable bonds is 3. The van der Waals surface area contributed by atoms with Crippen LogP contribution in [0, 0.1) is 0 Å². The molecule has 1 heterocycles. The van der Waals surface area contributed by atoms with E-state index in [0.29, 0.717) is 23.5 Å². The van der Waals surface area contributed by atoms with Crippen molar-refractivity contribution in [3.05, 3.63) is 65.2 Å². The molecule has 1 atom stereocenters. The topological polar surface area (TPSA) is 42.2 Å². The Labute approximate surface area is 130 Å². The van der Waals surface area contributed by atoms with E-state index in [4.69, 9.17) is 4.42 Å². The molecule has 3 rings (SSSR count). The Kier molecular flexibility index (Phi) is 3.75. The molecule has 1 aliphatic carbocycles. The molecule has 1 unspecified atom stereocenters. The van der Waals surface area contributed by atoms with Gasteiger partial charge < -0.3 is 9.73 Å². The second-order valence-electron chi connectivity index (χ2n) is 5.32. The minimum atomic E-state index is -4.45. The molecule has 1 aliphatic rings. The lowest BCUT2D eigenvalue weighted by Crippen LogP contribution is -2.09. The third-order valence-electron chi connectivity index (χ3n) is 3.94. The van der Waals surface area contributed by atoms with Gasteiger partial charge in [0.2, 0.25) is 0 Å². The number of Topliss-reactive ketones (excluding diaryl/α,β-unsaturated/α-hetero) is 1. The van der Waals surface area contributed by atoms with Gasteiger partial charge in [-0.1, -0.05) is 12.1 Å². The molecule has 0 saturated carbocycles. The number of furan rings is 1. The van der Waals surface area contributed by atoms with E-state index in [1.165, 1.54) is 18.4 Å². The van der Waals surface area contributed by atoms with Gasteiger partial charge in [-0.05, 0) is 29.8 Å². The lowest BCUT2D eigenvalue weighted by atomic mass is 9.96. The smallest absolute Gasteiger partial charge is 0.416 e. The minimum Gasteiger partial charge on any atom is -0.469 e. The summed E-state index contributed by atoms with van der Waals surface area (Å²) < 4.78 is 44.0. The zero-order chi connectivity index (χ0) is 16.6. The van der Waals surface area contributed by atoms with Crippen molar-refractivity contribution in [1.29, 1.82) is 0 Å². The van der Waals surface area contributed by atoms with Crippen molar-refractivity contribution < 1.29 is 22.4 Å². The van der Waals surface area contributed by atoms with Crippen LogP contribution in [0.3, 0.4) is 0 Å². The van der Waals surface area contributed by atoms with E-state index in [1.54, 1.807) is 19.2 Å². The standard InChI is InChI=1S/C17H14F3NO2/c1-21-13-9-12(14-6-3-7-23-14)16(22)15(13)10-4-2-5-11(8-10)17(18,19)20/h2-8,12,21H,9H2,1H3. The van der Waals surface area contributed by atoms with E-state index < -0.39 is 17.7 Å². The molecule has 0 spiro atoms. The van der Waals surface area contributed by atoms with E-state index in [1.807, 2.05) is 0 Å². The van der Waals surface area contributed by atoms with E-state index in [-0.39, 0.29) is 11.3 Å². The summed E-state index contributed by atoms with van der Waals surface area (Å²) in [6, 6.07) is 8.22. The SMILES string of the molecule is CNC1=C(c2cccc(C(F)(F)F)c2)C(=O)C(c2ccco2)C1. The fraction of sp³-hybridized carbons (Fsp3) is 0.235. The summed E-state index contributed by atoms with van der Waals surface area (Å²) in [6.07, 6.45) is -2.59. The Morgan fingerprint density at radius 3 is 2.61 bits per heavy atom. The fourth-order valence-electron chi connectivity index (χ4n) is 2.84. The number of benzene rings is 1. The van der Waals surface area contributed by atoms with E-state index in [0.717, 1.165) is 12.1 Å². The number of carbonyl (C=O) groups excluding carboxylic acids is 1. The van der Waals surface area contributed by atoms with Gasteiger partial charge in [0.05, 0.1) is 17.7 Å². The molecule has 0 bridgehead atoms. The van der Waals surface area contributed by atoms with Crippen molar-refractivity contribution in [2.75, 3.05) is 7.05 Å². The molecule has 0 radical (unpaired) electrons. The largest absolute Gasteiger partial charge is 0.469 e. The Balaban J connectivity index is 2.02. The van der Waals surface area contributed by atoms with Crippen molar-refractivity contribution in [2.24, 2.45) is 0 Å². The molecular formula is C17H14F3NO2. The zero-order valence-corrected chi connectivity index (χ0v) is 12.3. The molecule has 3 nitrogen and oxygen atoms in total. The van der Waals surface area contributed by atoms with Crippen LogP contribution in [-0.4, -0.2) is 12.8 Å². The first-order chi connectivity index (χ1) is 10.9. The Morgan fingerprint density at radius 1 is 1.22 bits per heavy atom. The van der Waals surface area contributed by atoms with Crippen molar-refractivity contribution >= 4 is 11.4 Å². The van der Waals surface area contributed by atoms with Crippen LogP contribution in [0.15, 0.2) is 52.8 Å². The number of carbonyl (C=O) groups is 1. The van der Waals surface area contributed by atoms with Crippen LogP contribution < -0.4 is 5.32 Å². The van der Waals surface area contributed by atoms with Crippen LogP contribution in [0.4, 0.5) is 13.2 Å². The van der Waals surface area contributed by atoms with Gasteiger partial charge >= 0.3 is 6.18 Å². The molecule has 6 heteroatoms. The lowest BCUT2D eigenvalue weighted by molar-refractivity contribution is -0.137. The average molecular weight is 321 g/mol. The summed E-state index contributed by atoms with van der Waals surface area (Å²) in [7, 11) is 1.65. The highest BCUT2D eigenvalue weighted by atomic mass is 19.4. The molecule has 0 saturated heterocycles. The van der Waals surface area contributed by atoms with Crippen molar-refractivity contribution in [3.8, 4) is 0 Å². The predicted octanol–water partition coefficient (Wildman–Crippen LogP) is 3.99. The first-order valence-electron chi connectivity index (χ1n) is 7.08. The van der Waals surface area contributed by atoms with Crippen LogP contribution in [0.25, 0.3) is 5.57 Å². The molecule has 1 aromatic heterocycles. The first-order valence-corrected chi connectivity index (χ1v) is 7.08. The predicted molar refractivity (Wildman–Crippen MR) is 78.5 cm³/mol. The Bertz CT molecular complexity index is 760. The monoisotopic (exact) mass is 321 g/mol. The maximum Gasteiger partial charge on any atom is 0.416 e. The first kappa shape index (κ1) is 15.4. The summed E-state index contributed by atoms with van der Waals surface area (Å²) in [6.45, 7) is 0. The molecule has 2 aromatic rings. The van der Waals surface area contributed by atoms with Crippen LogP contribution in [0.1, 0.15) is 29.2 Å². The summed E-state index contributed by atoms with van der Waals surface area (Å²) >= 11 is 0. The average Bonchev–Trinajstić information content (AvgIpc) is 3.13. The molecule has 1 aromatic carbocycles. The minimum absolute atomic E-state index is 0.233. The van der Waals surface area contributed by atoms with Crippen molar-refractivity contribution in [1.82, 2.24) is 5.32 Å². The van der Waals surface area contributed by atoms with Gasteiger partial charge in [-0.15, -0.1) is 0 Å². The second kappa shape index (κ2) is 5.61. The van der Waals surface area contributed by atoms with Crippen LogP contribution in [0.2, 0.25) is 0 Å². The number of halogens is 3. The highest BCUT2D eigenvalue weighted by Gasteiger charge is 2.37. The number of allylic oxidation sites excluding steroid dienone is 2.